The maximum atomic E-state index is 14.3. The van der Waals surface area contributed by atoms with E-state index in [0.29, 0.717) is 18.5 Å². The van der Waals surface area contributed by atoms with Crippen LogP contribution in [-0.4, -0.2) is 76.0 Å². The Bertz CT molecular complexity index is 1150. The molecule has 13 heteroatoms. The minimum atomic E-state index is -4.40. The van der Waals surface area contributed by atoms with Crippen LogP contribution in [0.5, 0.6) is 5.88 Å². The Morgan fingerprint density at radius 1 is 1.16 bits per heavy atom. The smallest absolute Gasteiger partial charge is 0.414 e. The number of pyridine rings is 1. The second-order valence-corrected chi connectivity index (χ2v) is 9.79. The molecule has 3 aliphatic heterocycles. The van der Waals surface area contributed by atoms with Crippen LogP contribution in [0.2, 0.25) is 0 Å². The maximum absolute atomic E-state index is 14.3. The van der Waals surface area contributed by atoms with Crippen molar-refractivity contribution in [1.29, 1.82) is 0 Å². The lowest BCUT2D eigenvalue weighted by molar-refractivity contribution is -0.232. The number of nitrogens with one attached hydrogen (secondary N) is 2. The molecule has 5 atom stereocenters. The third kappa shape index (κ3) is 5.13. The van der Waals surface area contributed by atoms with Gasteiger partial charge in [-0.25, -0.2) is 9.37 Å². The number of ether oxygens (including phenoxy) is 2. The molecule has 2 amide bonds. The first kappa shape index (κ1) is 25.4. The second kappa shape index (κ2) is 9.92. The average molecular weight is 526 g/mol. The van der Waals surface area contributed by atoms with Crippen LogP contribution in [-0.2, 0) is 9.53 Å². The van der Waals surface area contributed by atoms with Crippen molar-refractivity contribution in [2.45, 2.75) is 68.9 Å². The van der Waals surface area contributed by atoms with Gasteiger partial charge in [-0.15, -0.1) is 0 Å². The number of H-pyrrole nitrogens is 1. The van der Waals surface area contributed by atoms with Gasteiger partial charge in [0.2, 0.25) is 11.8 Å². The van der Waals surface area contributed by atoms with Crippen LogP contribution >= 0.6 is 0 Å². The van der Waals surface area contributed by atoms with E-state index in [1.807, 2.05) is 0 Å². The van der Waals surface area contributed by atoms with Crippen molar-refractivity contribution < 1.29 is 36.6 Å². The first-order chi connectivity index (χ1) is 17.6. The zero-order chi connectivity index (χ0) is 26.3. The number of rotatable bonds is 5. The van der Waals surface area contributed by atoms with Gasteiger partial charge in [0.15, 0.2) is 17.6 Å². The van der Waals surface area contributed by atoms with E-state index < -0.39 is 24.1 Å². The van der Waals surface area contributed by atoms with E-state index in [9.17, 15) is 27.2 Å². The van der Waals surface area contributed by atoms with Gasteiger partial charge in [-0.05, 0) is 44.6 Å². The molecule has 9 nitrogen and oxygen atoms in total. The van der Waals surface area contributed by atoms with Crippen LogP contribution in [0, 0.1) is 11.7 Å². The normalized spacial score (nSPS) is 27.7. The molecule has 0 aromatic carbocycles. The second-order valence-electron chi connectivity index (χ2n) is 9.79. The van der Waals surface area contributed by atoms with Gasteiger partial charge < -0.3 is 19.7 Å². The van der Waals surface area contributed by atoms with E-state index in [1.165, 1.54) is 19.2 Å². The number of alkyl halides is 3. The number of nitrogens with zero attached hydrogens (tertiary/aromatic N) is 3. The molecule has 5 rings (SSSR count). The van der Waals surface area contributed by atoms with E-state index >= 15 is 0 Å². The van der Waals surface area contributed by atoms with Crippen LogP contribution in [0.25, 0.3) is 11.3 Å². The third-order valence-corrected chi connectivity index (χ3v) is 7.45. The fourth-order valence-corrected chi connectivity index (χ4v) is 5.60. The van der Waals surface area contributed by atoms with Crippen molar-refractivity contribution in [1.82, 2.24) is 25.4 Å². The summed E-state index contributed by atoms with van der Waals surface area (Å²) in [6.45, 7) is -0.175. The standard InChI is InChI=1S/C24H27F4N5O4/c1-36-21-8-16(17(25)10-29-21)18-9-19(32-31-18)23(35)33-14-3-4-15(33)7-12(6-14)22(34)30-13-2-5-20(37-11-13)24(26,27)28/h8-10,12-15,20H,2-7,11H2,1H3,(H,30,34)(H,31,32)/t12?,13-,14-,15+,20-/m1/s1. The molecule has 0 radical (unpaired) electrons. The number of aromatic nitrogens is 3. The van der Waals surface area contributed by atoms with E-state index in [1.54, 1.807) is 4.90 Å². The molecule has 0 saturated carbocycles. The molecule has 1 unspecified atom stereocenters. The van der Waals surface area contributed by atoms with Gasteiger partial charge in [-0.2, -0.15) is 18.3 Å². The highest BCUT2D eigenvalue weighted by molar-refractivity contribution is 5.94. The van der Waals surface area contributed by atoms with Crippen molar-refractivity contribution >= 4 is 11.8 Å². The number of fused-ring (bicyclic) bond motifs is 2. The molecule has 3 saturated heterocycles. The van der Waals surface area contributed by atoms with E-state index in [-0.39, 0.29) is 66.4 Å². The lowest BCUT2D eigenvalue weighted by Gasteiger charge is -2.39. The fourth-order valence-electron chi connectivity index (χ4n) is 5.60. The summed E-state index contributed by atoms with van der Waals surface area (Å²) in [6, 6.07) is 2.12. The number of carbonyl (C=O) groups is 2. The zero-order valence-corrected chi connectivity index (χ0v) is 20.1. The molecular formula is C24H27F4N5O4. The Hall–Kier alpha value is -3.22. The number of hydrogen-bond acceptors (Lipinski definition) is 6. The number of aromatic amines is 1. The predicted molar refractivity (Wildman–Crippen MR) is 121 cm³/mol. The largest absolute Gasteiger partial charge is 0.481 e. The molecule has 37 heavy (non-hydrogen) atoms. The molecular weight excluding hydrogens is 498 g/mol. The Morgan fingerprint density at radius 2 is 1.89 bits per heavy atom. The Balaban J connectivity index is 1.20. The monoisotopic (exact) mass is 525 g/mol. The van der Waals surface area contributed by atoms with E-state index in [2.05, 4.69) is 20.5 Å². The lowest BCUT2D eigenvalue weighted by atomic mass is 9.89. The summed E-state index contributed by atoms with van der Waals surface area (Å²) in [5.41, 5.74) is 0.624. The molecule has 3 aliphatic rings. The lowest BCUT2D eigenvalue weighted by Crippen LogP contribution is -2.52. The highest BCUT2D eigenvalue weighted by atomic mass is 19.4. The summed E-state index contributed by atoms with van der Waals surface area (Å²) in [6.07, 6.45) is -2.74. The van der Waals surface area contributed by atoms with Gasteiger partial charge in [0.25, 0.3) is 5.91 Å². The summed E-state index contributed by atoms with van der Waals surface area (Å²) in [5.74, 6) is -1.22. The minimum Gasteiger partial charge on any atom is -0.481 e. The van der Waals surface area contributed by atoms with Crippen LogP contribution in [0.1, 0.15) is 49.0 Å². The van der Waals surface area contributed by atoms with E-state index in [0.717, 1.165) is 19.0 Å². The zero-order valence-electron chi connectivity index (χ0n) is 20.1. The summed E-state index contributed by atoms with van der Waals surface area (Å²) in [7, 11) is 1.41. The summed E-state index contributed by atoms with van der Waals surface area (Å²) < 4.78 is 62.6. The highest BCUT2D eigenvalue weighted by Gasteiger charge is 2.47. The van der Waals surface area contributed by atoms with Gasteiger partial charge in [0.05, 0.1) is 31.6 Å². The molecule has 200 valence electrons. The molecule has 2 aromatic heterocycles. The molecule has 2 N–H and O–H groups in total. The highest BCUT2D eigenvalue weighted by Crippen LogP contribution is 2.40. The summed E-state index contributed by atoms with van der Waals surface area (Å²) in [4.78, 5) is 31.8. The van der Waals surface area contributed by atoms with Gasteiger partial charge >= 0.3 is 6.18 Å². The predicted octanol–water partition coefficient (Wildman–Crippen LogP) is 3.23. The number of piperidine rings is 1. The molecule has 0 spiro atoms. The molecule has 3 fully saturated rings. The molecule has 2 bridgehead atoms. The molecule has 2 aromatic rings. The summed E-state index contributed by atoms with van der Waals surface area (Å²) >= 11 is 0. The van der Waals surface area contributed by atoms with Gasteiger partial charge in [-0.1, -0.05) is 0 Å². The Labute approximate surface area is 209 Å². The molecule has 5 heterocycles. The third-order valence-electron chi connectivity index (χ3n) is 7.45. The fraction of sp³-hybridized carbons (Fsp3) is 0.583. The quantitative estimate of drug-likeness (QED) is 0.581. The van der Waals surface area contributed by atoms with Crippen molar-refractivity contribution in [3.63, 3.8) is 0 Å². The number of halogens is 4. The van der Waals surface area contributed by atoms with Gasteiger partial charge in [0.1, 0.15) is 0 Å². The van der Waals surface area contributed by atoms with Crippen LogP contribution < -0.4 is 10.1 Å². The minimum absolute atomic E-state index is 0.142. The van der Waals surface area contributed by atoms with Crippen LogP contribution in [0.15, 0.2) is 18.3 Å². The Kier molecular flexibility index (Phi) is 6.82. The van der Waals surface area contributed by atoms with Crippen molar-refractivity contribution in [3.05, 3.63) is 29.8 Å². The van der Waals surface area contributed by atoms with Crippen LogP contribution in [0.3, 0.4) is 0 Å². The van der Waals surface area contributed by atoms with Crippen molar-refractivity contribution in [2.24, 2.45) is 5.92 Å². The van der Waals surface area contributed by atoms with Gasteiger partial charge in [-0.3, -0.25) is 14.7 Å². The number of amides is 2. The van der Waals surface area contributed by atoms with Crippen molar-refractivity contribution in [3.8, 4) is 17.1 Å². The number of carbonyl (C=O) groups excluding carboxylic acids is 2. The topological polar surface area (TPSA) is 109 Å². The van der Waals surface area contributed by atoms with Crippen molar-refractivity contribution in [2.75, 3.05) is 13.7 Å². The Morgan fingerprint density at radius 3 is 2.51 bits per heavy atom. The van der Waals surface area contributed by atoms with E-state index in [4.69, 9.17) is 9.47 Å². The average Bonchev–Trinajstić information content (AvgIpc) is 3.46. The first-order valence-corrected chi connectivity index (χ1v) is 12.2. The van der Waals surface area contributed by atoms with Gasteiger partial charge in [0, 0.05) is 29.6 Å². The first-order valence-electron chi connectivity index (χ1n) is 12.2. The SMILES string of the molecule is COc1cc(-c2cc(C(=O)N3[C@@H]4CC[C@H]3CC(C(=O)N[C@@H]3CC[C@H](C(F)(F)F)OC3)C4)n[nH]2)c(F)cn1. The number of methoxy groups -OCH3 is 1. The van der Waals surface area contributed by atoms with Crippen LogP contribution in [0.4, 0.5) is 17.6 Å². The maximum Gasteiger partial charge on any atom is 0.414 e. The number of hydrogen-bond donors (Lipinski definition) is 2. The summed E-state index contributed by atoms with van der Waals surface area (Å²) in [5, 5.41) is 9.64. The molecule has 0 aliphatic carbocycles.